The first-order valence-corrected chi connectivity index (χ1v) is 9.93. The molecule has 0 spiro atoms. The molecule has 3 aromatic rings. The lowest BCUT2D eigenvalue weighted by Crippen LogP contribution is -2.25. The van der Waals surface area contributed by atoms with E-state index in [2.05, 4.69) is 23.9 Å². The molecule has 0 bridgehead atoms. The molecule has 0 saturated heterocycles. The van der Waals surface area contributed by atoms with Crippen LogP contribution in [0.2, 0.25) is 0 Å². The Kier molecular flexibility index (Phi) is 6.79. The number of phenols is 1. The molecule has 0 atom stereocenters. The van der Waals surface area contributed by atoms with Gasteiger partial charge >= 0.3 is 0 Å². The first kappa shape index (κ1) is 21.2. The van der Waals surface area contributed by atoms with Crippen LogP contribution < -0.4 is 0 Å². The third kappa shape index (κ3) is 4.56. The number of fused-ring (bicyclic) bond motifs is 1. The Bertz CT molecular complexity index is 957. The lowest BCUT2D eigenvalue weighted by molar-refractivity contribution is 0.253. The van der Waals surface area contributed by atoms with E-state index in [1.165, 1.54) is 6.07 Å². The Balaban J connectivity index is 2.00. The Morgan fingerprint density at radius 3 is 2.21 bits per heavy atom. The van der Waals surface area contributed by atoms with Gasteiger partial charge in [0.1, 0.15) is 11.4 Å². The largest absolute Gasteiger partial charge is 0.507 e. The molecule has 0 amide bonds. The number of hydrogen-bond acceptors (Lipinski definition) is 4. The number of aromatic hydroxyl groups is 1. The summed E-state index contributed by atoms with van der Waals surface area (Å²) in [4.78, 5) is 2.25. The predicted octanol–water partition coefficient (Wildman–Crippen LogP) is 6.02. The van der Waals surface area contributed by atoms with Crippen molar-refractivity contribution in [2.24, 2.45) is 0 Å². The maximum absolute atomic E-state index is 13.7. The summed E-state index contributed by atoms with van der Waals surface area (Å²) in [6, 6.07) is 4.88. The zero-order valence-corrected chi connectivity index (χ0v) is 16.6. The van der Waals surface area contributed by atoms with Gasteiger partial charge in [0.05, 0.1) is 10.9 Å². The number of unbranched alkanes of at least 4 members (excludes halogenated alkanes) is 2. The van der Waals surface area contributed by atoms with Crippen molar-refractivity contribution in [3.63, 3.8) is 0 Å². The molecule has 29 heavy (non-hydrogen) atoms. The molecule has 0 saturated carbocycles. The van der Waals surface area contributed by atoms with Crippen LogP contribution in [0.5, 0.6) is 5.75 Å². The van der Waals surface area contributed by atoms with Gasteiger partial charge in [-0.05, 0) is 50.2 Å². The SMILES string of the molecule is CCCCN(CCCC)Cc1c(O)ccc2c(-c3cc(F)c(F)c(F)c3)noc12. The first-order chi connectivity index (χ1) is 14.0. The van der Waals surface area contributed by atoms with E-state index in [0.717, 1.165) is 50.9 Å². The highest BCUT2D eigenvalue weighted by molar-refractivity contribution is 5.94. The normalized spacial score (nSPS) is 11.7. The molecule has 1 aromatic heterocycles. The van der Waals surface area contributed by atoms with Crippen LogP contribution in [0, 0.1) is 17.5 Å². The second-order valence-electron chi connectivity index (χ2n) is 7.21. The van der Waals surface area contributed by atoms with E-state index < -0.39 is 17.5 Å². The van der Waals surface area contributed by atoms with Gasteiger partial charge in [0.15, 0.2) is 23.0 Å². The maximum Gasteiger partial charge on any atom is 0.194 e. The second-order valence-corrected chi connectivity index (χ2v) is 7.21. The summed E-state index contributed by atoms with van der Waals surface area (Å²) in [6.07, 6.45) is 4.20. The summed E-state index contributed by atoms with van der Waals surface area (Å²) in [5, 5.41) is 14.9. The van der Waals surface area contributed by atoms with E-state index in [4.69, 9.17) is 4.52 Å². The number of rotatable bonds is 9. The molecule has 1 heterocycles. The highest BCUT2D eigenvalue weighted by Gasteiger charge is 2.21. The molecule has 0 aliphatic heterocycles. The van der Waals surface area contributed by atoms with Gasteiger partial charge in [-0.3, -0.25) is 4.90 Å². The molecule has 0 aliphatic rings. The molecule has 1 N–H and O–H groups in total. The molecule has 4 nitrogen and oxygen atoms in total. The average Bonchev–Trinajstić information content (AvgIpc) is 3.13. The summed E-state index contributed by atoms with van der Waals surface area (Å²) in [6.45, 7) is 6.51. The van der Waals surface area contributed by atoms with Crippen molar-refractivity contribution in [3.8, 4) is 17.0 Å². The van der Waals surface area contributed by atoms with Crippen molar-refractivity contribution >= 4 is 11.0 Å². The van der Waals surface area contributed by atoms with Gasteiger partial charge in [-0.1, -0.05) is 31.8 Å². The number of benzene rings is 2. The van der Waals surface area contributed by atoms with Gasteiger partial charge in [-0.2, -0.15) is 0 Å². The first-order valence-electron chi connectivity index (χ1n) is 9.93. The van der Waals surface area contributed by atoms with Crippen LogP contribution in [-0.2, 0) is 6.54 Å². The Morgan fingerprint density at radius 1 is 1.00 bits per heavy atom. The summed E-state index contributed by atoms with van der Waals surface area (Å²) in [5.41, 5.74) is 1.22. The minimum atomic E-state index is -1.53. The monoisotopic (exact) mass is 406 g/mol. The molecule has 0 unspecified atom stereocenters. The molecular weight excluding hydrogens is 381 g/mol. The summed E-state index contributed by atoms with van der Waals surface area (Å²) in [7, 11) is 0. The molecule has 0 aliphatic carbocycles. The van der Waals surface area contributed by atoms with Crippen molar-refractivity contribution in [2.75, 3.05) is 13.1 Å². The van der Waals surface area contributed by atoms with Gasteiger partial charge in [-0.15, -0.1) is 0 Å². The second kappa shape index (κ2) is 9.31. The minimum absolute atomic E-state index is 0.0746. The van der Waals surface area contributed by atoms with Crippen LogP contribution in [0.15, 0.2) is 28.8 Å². The van der Waals surface area contributed by atoms with E-state index in [1.807, 2.05) is 0 Å². The third-order valence-corrected chi connectivity index (χ3v) is 5.01. The van der Waals surface area contributed by atoms with Gasteiger partial charge in [0.25, 0.3) is 0 Å². The van der Waals surface area contributed by atoms with E-state index in [-0.39, 0.29) is 17.0 Å². The van der Waals surface area contributed by atoms with Crippen LogP contribution in [-0.4, -0.2) is 28.3 Å². The standard InChI is InChI=1S/C22H25F3N2O2/c1-3-5-9-27(10-6-4-2)13-16-19(28)8-7-15-21(26-29-22(15)16)14-11-17(23)20(25)18(24)12-14/h7-8,11-12,28H,3-6,9-10,13H2,1-2H3. The van der Waals surface area contributed by atoms with Crippen molar-refractivity contribution in [3.05, 3.63) is 47.3 Å². The van der Waals surface area contributed by atoms with E-state index in [9.17, 15) is 18.3 Å². The van der Waals surface area contributed by atoms with Crippen molar-refractivity contribution < 1.29 is 22.8 Å². The van der Waals surface area contributed by atoms with Crippen LogP contribution in [0.1, 0.15) is 45.1 Å². The number of aromatic nitrogens is 1. The molecular formula is C22H25F3N2O2. The van der Waals surface area contributed by atoms with Crippen molar-refractivity contribution in [1.29, 1.82) is 0 Å². The molecule has 2 aromatic carbocycles. The molecule has 0 radical (unpaired) electrons. The molecule has 7 heteroatoms. The zero-order valence-electron chi connectivity index (χ0n) is 16.6. The fourth-order valence-corrected chi connectivity index (χ4v) is 3.36. The van der Waals surface area contributed by atoms with Crippen LogP contribution >= 0.6 is 0 Å². The van der Waals surface area contributed by atoms with Gasteiger partial charge in [0.2, 0.25) is 0 Å². The van der Waals surface area contributed by atoms with Gasteiger partial charge in [-0.25, -0.2) is 13.2 Å². The highest BCUT2D eigenvalue weighted by atomic mass is 19.2. The number of hydrogen-bond donors (Lipinski definition) is 1. The molecule has 156 valence electrons. The predicted molar refractivity (Wildman–Crippen MR) is 106 cm³/mol. The highest BCUT2D eigenvalue weighted by Crippen LogP contribution is 2.35. The van der Waals surface area contributed by atoms with Gasteiger partial charge < -0.3 is 9.63 Å². The lowest BCUT2D eigenvalue weighted by Gasteiger charge is -2.22. The fourth-order valence-electron chi connectivity index (χ4n) is 3.36. The van der Waals surface area contributed by atoms with Crippen LogP contribution in [0.25, 0.3) is 22.2 Å². The Hall–Kier alpha value is -2.54. The smallest absolute Gasteiger partial charge is 0.194 e. The minimum Gasteiger partial charge on any atom is -0.507 e. The fraction of sp³-hybridized carbons (Fsp3) is 0.409. The van der Waals surface area contributed by atoms with Gasteiger partial charge in [0, 0.05) is 12.1 Å². The quantitative estimate of drug-likeness (QED) is 0.442. The maximum atomic E-state index is 13.7. The summed E-state index contributed by atoms with van der Waals surface area (Å²) in [5.74, 6) is -4.03. The Labute approximate surface area is 167 Å². The Morgan fingerprint density at radius 2 is 1.62 bits per heavy atom. The van der Waals surface area contributed by atoms with E-state index in [1.54, 1.807) is 6.07 Å². The van der Waals surface area contributed by atoms with Crippen molar-refractivity contribution in [1.82, 2.24) is 10.1 Å². The molecule has 3 rings (SSSR count). The summed E-state index contributed by atoms with van der Waals surface area (Å²) < 4.78 is 46.1. The number of nitrogens with zero attached hydrogens (tertiary/aromatic N) is 2. The topological polar surface area (TPSA) is 49.5 Å². The lowest BCUT2D eigenvalue weighted by atomic mass is 10.0. The molecule has 0 fully saturated rings. The van der Waals surface area contributed by atoms with E-state index >= 15 is 0 Å². The van der Waals surface area contributed by atoms with Crippen LogP contribution in [0.3, 0.4) is 0 Å². The van der Waals surface area contributed by atoms with Crippen molar-refractivity contribution in [2.45, 2.75) is 46.1 Å². The number of phenolic OH excluding ortho intramolecular Hbond substituents is 1. The number of halogens is 3. The third-order valence-electron chi connectivity index (χ3n) is 5.01. The van der Waals surface area contributed by atoms with Crippen LogP contribution in [0.4, 0.5) is 13.2 Å². The zero-order chi connectivity index (χ0) is 21.0. The summed E-state index contributed by atoms with van der Waals surface area (Å²) >= 11 is 0. The average molecular weight is 406 g/mol. The van der Waals surface area contributed by atoms with E-state index in [0.29, 0.717) is 23.1 Å².